The molecule has 8 rings (SSSR count). The van der Waals surface area contributed by atoms with Crippen LogP contribution in [-0.4, -0.2) is 24.4 Å². The van der Waals surface area contributed by atoms with Crippen molar-refractivity contribution in [2.24, 2.45) is 0 Å². The molecule has 4 nitrogen and oxygen atoms in total. The first kappa shape index (κ1) is 24.7. The zero-order chi connectivity index (χ0) is 27.9. The molecule has 4 aromatic carbocycles. The minimum Gasteiger partial charge on any atom is -0.456 e. The topological polar surface area (TPSA) is 34.8 Å². The summed E-state index contributed by atoms with van der Waals surface area (Å²) in [6.45, 7) is 8.36. The Kier molecular flexibility index (Phi) is 5.26. The zero-order valence-electron chi connectivity index (χ0n) is 23.8. The average molecular weight is 537 g/mol. The van der Waals surface area contributed by atoms with Crippen molar-refractivity contribution in [3.8, 4) is 11.1 Å². The van der Waals surface area contributed by atoms with Crippen LogP contribution in [0.3, 0.4) is 0 Å². The van der Waals surface area contributed by atoms with E-state index in [1.54, 1.807) is 0 Å². The summed E-state index contributed by atoms with van der Waals surface area (Å²) < 4.78 is 19.2. The van der Waals surface area contributed by atoms with Crippen molar-refractivity contribution in [2.75, 3.05) is 4.90 Å². The number of hydrogen-bond donors (Lipinski definition) is 0. The second kappa shape index (κ2) is 8.72. The van der Waals surface area contributed by atoms with Crippen LogP contribution in [0.25, 0.3) is 33.1 Å². The molecule has 0 radical (unpaired) electrons. The quantitative estimate of drug-likeness (QED) is 0.217. The normalized spacial score (nSPS) is 22.0. The van der Waals surface area contributed by atoms with Gasteiger partial charge in [-0.15, -0.1) is 0 Å². The third-order valence-corrected chi connectivity index (χ3v) is 9.45. The number of fused-ring (bicyclic) bond motifs is 6. The summed E-state index contributed by atoms with van der Waals surface area (Å²) in [5.74, 6) is 0.309. The lowest BCUT2D eigenvalue weighted by Gasteiger charge is -2.32. The summed E-state index contributed by atoms with van der Waals surface area (Å²) in [6, 6.07) is 30.5. The van der Waals surface area contributed by atoms with E-state index >= 15 is 0 Å². The number of allylic oxidation sites excluding steroid dienone is 2. The predicted octanol–water partition coefficient (Wildman–Crippen LogP) is 8.28. The molecule has 0 amide bonds. The van der Waals surface area contributed by atoms with Gasteiger partial charge in [0.05, 0.1) is 17.2 Å². The van der Waals surface area contributed by atoms with E-state index in [1.165, 1.54) is 22.5 Å². The summed E-state index contributed by atoms with van der Waals surface area (Å²) in [5.41, 5.74) is 8.09. The molecule has 0 bridgehead atoms. The monoisotopic (exact) mass is 537 g/mol. The first-order valence-corrected chi connectivity index (χ1v) is 14.5. The van der Waals surface area contributed by atoms with Gasteiger partial charge in [0.2, 0.25) is 0 Å². The van der Waals surface area contributed by atoms with Gasteiger partial charge in [0, 0.05) is 28.1 Å². The number of benzene rings is 4. The smallest absolute Gasteiger partial charge is 0.456 e. The van der Waals surface area contributed by atoms with Crippen LogP contribution >= 0.6 is 0 Å². The molecule has 3 heterocycles. The lowest BCUT2D eigenvalue weighted by atomic mass is 9.76. The van der Waals surface area contributed by atoms with E-state index in [9.17, 15) is 0 Å². The Morgan fingerprint density at radius 1 is 0.707 bits per heavy atom. The summed E-state index contributed by atoms with van der Waals surface area (Å²) in [6.07, 6.45) is 8.99. The number of hydrogen-bond acceptors (Lipinski definition) is 4. The van der Waals surface area contributed by atoms with Gasteiger partial charge in [-0.2, -0.15) is 0 Å². The highest BCUT2D eigenvalue weighted by molar-refractivity contribution is 6.66. The lowest BCUT2D eigenvalue weighted by Crippen LogP contribution is -2.41. The predicted molar refractivity (Wildman–Crippen MR) is 168 cm³/mol. The van der Waals surface area contributed by atoms with Crippen LogP contribution in [0, 0.1) is 0 Å². The van der Waals surface area contributed by atoms with Gasteiger partial charge in [-0.1, -0.05) is 66.8 Å². The SMILES string of the molecule is CC1(C)OB(c2cccc3oc4ccc(-c5ccc6c(c5)C5C=CC=CC5N6c5ccccc5)cc4c23)OC1(C)C. The largest absolute Gasteiger partial charge is 0.495 e. The van der Waals surface area contributed by atoms with Gasteiger partial charge in [0.15, 0.2) is 0 Å². The fourth-order valence-corrected chi connectivity index (χ4v) is 6.61. The molecule has 1 fully saturated rings. The van der Waals surface area contributed by atoms with Gasteiger partial charge < -0.3 is 18.6 Å². The first-order chi connectivity index (χ1) is 19.8. The minimum absolute atomic E-state index is 0.274. The van der Waals surface area contributed by atoms with Crippen LogP contribution in [0.2, 0.25) is 0 Å². The Morgan fingerprint density at radius 3 is 2.24 bits per heavy atom. The maximum Gasteiger partial charge on any atom is 0.495 e. The first-order valence-electron chi connectivity index (χ1n) is 14.5. The van der Waals surface area contributed by atoms with Crippen LogP contribution in [0.5, 0.6) is 0 Å². The van der Waals surface area contributed by atoms with Gasteiger partial charge in [-0.3, -0.25) is 0 Å². The molecule has 0 spiro atoms. The molecule has 0 N–H and O–H groups in total. The molecule has 5 heteroatoms. The van der Waals surface area contributed by atoms with Crippen molar-refractivity contribution in [3.05, 3.63) is 115 Å². The molecular weight excluding hydrogens is 505 g/mol. The van der Waals surface area contributed by atoms with E-state index in [-0.39, 0.29) is 6.04 Å². The molecule has 5 aromatic rings. The fourth-order valence-electron chi connectivity index (χ4n) is 6.61. The van der Waals surface area contributed by atoms with E-state index in [1.807, 2.05) is 12.1 Å². The molecule has 1 aliphatic carbocycles. The van der Waals surface area contributed by atoms with Crippen LogP contribution in [-0.2, 0) is 9.31 Å². The fraction of sp³-hybridized carbons (Fsp3) is 0.222. The van der Waals surface area contributed by atoms with Crippen LogP contribution in [0.4, 0.5) is 11.4 Å². The van der Waals surface area contributed by atoms with Gasteiger partial charge >= 0.3 is 7.12 Å². The van der Waals surface area contributed by atoms with Gasteiger partial charge in [-0.25, -0.2) is 0 Å². The second-order valence-corrected chi connectivity index (χ2v) is 12.4. The van der Waals surface area contributed by atoms with Gasteiger partial charge in [-0.05, 0) is 92.3 Å². The maximum atomic E-state index is 6.46. The Hall–Kier alpha value is -4.06. The van der Waals surface area contributed by atoms with Crippen molar-refractivity contribution in [2.45, 2.75) is 50.9 Å². The second-order valence-electron chi connectivity index (χ2n) is 12.4. The van der Waals surface area contributed by atoms with Crippen molar-refractivity contribution in [1.29, 1.82) is 0 Å². The van der Waals surface area contributed by atoms with Crippen molar-refractivity contribution >= 4 is 45.9 Å². The molecule has 202 valence electrons. The van der Waals surface area contributed by atoms with Crippen molar-refractivity contribution in [3.63, 3.8) is 0 Å². The van der Waals surface area contributed by atoms with Gasteiger partial charge in [0.25, 0.3) is 0 Å². The zero-order valence-corrected chi connectivity index (χ0v) is 23.8. The Morgan fingerprint density at radius 2 is 1.44 bits per heavy atom. The van der Waals surface area contributed by atoms with Crippen LogP contribution in [0.15, 0.2) is 114 Å². The molecule has 3 aliphatic rings. The van der Waals surface area contributed by atoms with Crippen molar-refractivity contribution < 1.29 is 13.7 Å². The standard InChI is InChI=1S/C36H32BNO3/c1-35(2)36(3,4)41-37(40-35)29-14-10-16-33-34(29)28-22-24(18-20-32(28)39-33)23-17-19-31-27(21-23)26-13-8-9-15-30(26)38(31)25-11-6-5-7-12-25/h5-22,26,30H,1-4H3. The van der Waals surface area contributed by atoms with E-state index in [0.29, 0.717) is 5.92 Å². The van der Waals surface area contributed by atoms with Crippen LogP contribution in [0.1, 0.15) is 39.2 Å². The Bertz CT molecular complexity index is 1870. The summed E-state index contributed by atoms with van der Waals surface area (Å²) >= 11 is 0. The highest BCUT2D eigenvalue weighted by atomic mass is 16.7. The molecular formula is C36H32BNO3. The van der Waals surface area contributed by atoms with E-state index in [2.05, 4.69) is 130 Å². The van der Waals surface area contributed by atoms with Crippen LogP contribution < -0.4 is 10.4 Å². The highest BCUT2D eigenvalue weighted by Gasteiger charge is 2.52. The summed E-state index contributed by atoms with van der Waals surface area (Å²) in [7, 11) is -0.458. The molecule has 41 heavy (non-hydrogen) atoms. The average Bonchev–Trinajstić information content (AvgIpc) is 3.59. The number of anilines is 2. The van der Waals surface area contributed by atoms with Crippen molar-refractivity contribution in [1.82, 2.24) is 0 Å². The Labute approximate surface area is 241 Å². The summed E-state index contributed by atoms with van der Waals surface area (Å²) in [4.78, 5) is 2.47. The van der Waals surface area contributed by atoms with E-state index in [4.69, 9.17) is 13.7 Å². The van der Waals surface area contributed by atoms with E-state index < -0.39 is 18.3 Å². The molecule has 2 atom stereocenters. The third kappa shape index (κ3) is 3.69. The molecule has 2 unspecified atom stereocenters. The maximum absolute atomic E-state index is 6.46. The number of furan rings is 1. The van der Waals surface area contributed by atoms with E-state index in [0.717, 1.165) is 33.0 Å². The minimum atomic E-state index is -0.458. The third-order valence-electron chi connectivity index (χ3n) is 9.45. The highest BCUT2D eigenvalue weighted by Crippen LogP contribution is 2.49. The molecule has 1 aromatic heterocycles. The number of nitrogens with zero attached hydrogens (tertiary/aromatic N) is 1. The Balaban J connectivity index is 1.24. The molecule has 0 saturated carbocycles. The number of para-hydroxylation sites is 1. The summed E-state index contributed by atoms with van der Waals surface area (Å²) in [5, 5.41) is 2.13. The lowest BCUT2D eigenvalue weighted by molar-refractivity contribution is 0.00578. The molecule has 1 saturated heterocycles. The number of rotatable bonds is 3. The molecule has 2 aliphatic heterocycles. The van der Waals surface area contributed by atoms with Gasteiger partial charge in [0.1, 0.15) is 11.2 Å².